The van der Waals surface area contributed by atoms with Gasteiger partial charge in [0.05, 0.1) is 17.7 Å². The Hall–Kier alpha value is -3.32. The number of carbonyl (C=O) groups excluding carboxylic acids is 1. The van der Waals surface area contributed by atoms with Gasteiger partial charge in [-0.2, -0.15) is 0 Å². The molecule has 7 heteroatoms. The number of methoxy groups -OCH3 is 1. The molecular formula is C24H26N2O4S. The van der Waals surface area contributed by atoms with E-state index < -0.39 is 10.0 Å². The predicted octanol–water partition coefficient (Wildman–Crippen LogP) is 4.55. The zero-order valence-electron chi connectivity index (χ0n) is 17.6. The van der Waals surface area contributed by atoms with E-state index in [4.69, 9.17) is 4.74 Å². The average Bonchev–Trinajstić information content (AvgIpc) is 2.79. The lowest BCUT2D eigenvalue weighted by molar-refractivity contribution is 0.0743. The number of benzene rings is 3. The lowest BCUT2D eigenvalue weighted by atomic mass is 10.1. The van der Waals surface area contributed by atoms with Crippen molar-refractivity contribution in [3.8, 4) is 5.75 Å². The highest BCUT2D eigenvalue weighted by molar-refractivity contribution is 7.92. The van der Waals surface area contributed by atoms with E-state index in [1.165, 1.54) is 19.2 Å². The number of ether oxygens (including phenoxy) is 1. The summed E-state index contributed by atoms with van der Waals surface area (Å²) < 4.78 is 33.3. The fourth-order valence-corrected chi connectivity index (χ4v) is 4.29. The number of hydrogen-bond acceptors (Lipinski definition) is 4. The van der Waals surface area contributed by atoms with E-state index >= 15 is 0 Å². The van der Waals surface area contributed by atoms with E-state index in [9.17, 15) is 13.2 Å². The molecule has 0 atom stereocenters. The van der Waals surface area contributed by atoms with Gasteiger partial charge < -0.3 is 9.64 Å². The Morgan fingerprint density at radius 1 is 0.935 bits per heavy atom. The van der Waals surface area contributed by atoms with Crippen molar-refractivity contribution < 1.29 is 17.9 Å². The quantitative estimate of drug-likeness (QED) is 0.532. The van der Waals surface area contributed by atoms with Gasteiger partial charge in [0.2, 0.25) is 0 Å². The van der Waals surface area contributed by atoms with Gasteiger partial charge in [-0.15, -0.1) is 0 Å². The molecule has 0 bridgehead atoms. The van der Waals surface area contributed by atoms with Gasteiger partial charge in [0.1, 0.15) is 5.75 Å². The monoisotopic (exact) mass is 438 g/mol. The first-order valence-corrected chi connectivity index (χ1v) is 11.5. The van der Waals surface area contributed by atoms with E-state index in [-0.39, 0.29) is 10.8 Å². The maximum absolute atomic E-state index is 13.0. The Morgan fingerprint density at radius 2 is 1.58 bits per heavy atom. The van der Waals surface area contributed by atoms with E-state index in [0.29, 0.717) is 30.1 Å². The number of nitrogens with one attached hydrogen (secondary N) is 1. The van der Waals surface area contributed by atoms with E-state index in [1.54, 1.807) is 41.3 Å². The molecule has 0 unspecified atom stereocenters. The van der Waals surface area contributed by atoms with Crippen molar-refractivity contribution in [2.24, 2.45) is 0 Å². The van der Waals surface area contributed by atoms with E-state index in [0.717, 1.165) is 12.0 Å². The second kappa shape index (κ2) is 10.1. The number of para-hydroxylation sites is 2. The minimum absolute atomic E-state index is 0.0695. The summed E-state index contributed by atoms with van der Waals surface area (Å²) in [6.45, 7) is 3.14. The second-order valence-corrected chi connectivity index (χ2v) is 8.72. The first kappa shape index (κ1) is 22.4. The first-order valence-electron chi connectivity index (χ1n) is 10.0. The third kappa shape index (κ3) is 5.64. The maximum Gasteiger partial charge on any atom is 0.262 e. The van der Waals surface area contributed by atoms with Crippen molar-refractivity contribution >= 4 is 21.6 Å². The maximum atomic E-state index is 13.0. The number of nitrogens with zero attached hydrogens (tertiary/aromatic N) is 1. The van der Waals surface area contributed by atoms with Gasteiger partial charge >= 0.3 is 0 Å². The molecule has 162 valence electrons. The molecule has 1 amide bonds. The van der Waals surface area contributed by atoms with Crippen LogP contribution in [0.4, 0.5) is 5.69 Å². The molecule has 0 saturated carbocycles. The van der Waals surface area contributed by atoms with Gasteiger partial charge in [-0.25, -0.2) is 8.42 Å². The Labute approximate surface area is 183 Å². The molecule has 0 aliphatic rings. The average molecular weight is 439 g/mol. The van der Waals surface area contributed by atoms with E-state index in [1.807, 2.05) is 37.3 Å². The van der Waals surface area contributed by atoms with Crippen LogP contribution in [0.5, 0.6) is 5.75 Å². The van der Waals surface area contributed by atoms with E-state index in [2.05, 4.69) is 4.72 Å². The van der Waals surface area contributed by atoms with Crippen LogP contribution in [0.2, 0.25) is 0 Å². The summed E-state index contributed by atoms with van der Waals surface area (Å²) in [6, 6.07) is 22.5. The van der Waals surface area contributed by atoms with Crippen molar-refractivity contribution in [2.45, 2.75) is 24.8 Å². The summed E-state index contributed by atoms with van der Waals surface area (Å²) in [6.07, 6.45) is 0.827. The lowest BCUT2D eigenvalue weighted by Crippen LogP contribution is -2.31. The molecule has 3 rings (SSSR count). The molecule has 0 fully saturated rings. The number of hydrogen-bond donors (Lipinski definition) is 1. The lowest BCUT2D eigenvalue weighted by Gasteiger charge is -2.22. The first-order chi connectivity index (χ1) is 14.9. The number of sulfonamides is 1. The van der Waals surface area contributed by atoms with Crippen LogP contribution in [-0.4, -0.2) is 32.9 Å². The smallest absolute Gasteiger partial charge is 0.262 e. The summed E-state index contributed by atoms with van der Waals surface area (Å²) in [7, 11) is -2.35. The molecule has 3 aromatic carbocycles. The van der Waals surface area contributed by atoms with Crippen LogP contribution in [-0.2, 0) is 16.6 Å². The highest BCUT2D eigenvalue weighted by Crippen LogP contribution is 2.26. The summed E-state index contributed by atoms with van der Waals surface area (Å²) in [5, 5.41) is 0. The Morgan fingerprint density at radius 3 is 2.23 bits per heavy atom. The molecule has 0 saturated heterocycles. The van der Waals surface area contributed by atoms with Crippen molar-refractivity contribution in [1.29, 1.82) is 0 Å². The van der Waals surface area contributed by atoms with Crippen LogP contribution < -0.4 is 9.46 Å². The van der Waals surface area contributed by atoms with Crippen LogP contribution >= 0.6 is 0 Å². The SMILES string of the molecule is CCCN(Cc1ccccc1)C(=O)c1ccc(S(=O)(=O)Nc2ccccc2OC)cc1. The van der Waals surface area contributed by atoms with Gasteiger partial charge in [0.25, 0.3) is 15.9 Å². The van der Waals surface area contributed by atoms with Crippen LogP contribution in [0.1, 0.15) is 29.3 Å². The van der Waals surface area contributed by atoms with Crippen LogP contribution in [0.15, 0.2) is 83.8 Å². The van der Waals surface area contributed by atoms with Gasteiger partial charge in [0.15, 0.2) is 0 Å². The highest BCUT2D eigenvalue weighted by Gasteiger charge is 2.19. The molecule has 3 aromatic rings. The largest absolute Gasteiger partial charge is 0.495 e. The molecule has 0 heterocycles. The molecule has 0 aliphatic carbocycles. The minimum atomic E-state index is -3.82. The van der Waals surface area contributed by atoms with Gasteiger partial charge in [-0.3, -0.25) is 9.52 Å². The van der Waals surface area contributed by atoms with Crippen molar-refractivity contribution in [2.75, 3.05) is 18.4 Å². The second-order valence-electron chi connectivity index (χ2n) is 7.04. The predicted molar refractivity (Wildman–Crippen MR) is 122 cm³/mol. The zero-order valence-corrected chi connectivity index (χ0v) is 18.4. The van der Waals surface area contributed by atoms with Gasteiger partial charge in [-0.1, -0.05) is 49.4 Å². The third-order valence-electron chi connectivity index (χ3n) is 4.76. The minimum Gasteiger partial charge on any atom is -0.495 e. The van der Waals surface area contributed by atoms with Crippen molar-refractivity contribution in [3.63, 3.8) is 0 Å². The Bertz CT molecular complexity index is 1110. The van der Waals surface area contributed by atoms with Crippen molar-refractivity contribution in [1.82, 2.24) is 4.90 Å². The topological polar surface area (TPSA) is 75.7 Å². The fraction of sp³-hybridized carbons (Fsp3) is 0.208. The molecule has 0 radical (unpaired) electrons. The molecule has 0 aromatic heterocycles. The third-order valence-corrected chi connectivity index (χ3v) is 6.14. The highest BCUT2D eigenvalue weighted by atomic mass is 32.2. The summed E-state index contributed by atoms with van der Waals surface area (Å²) in [5.74, 6) is 0.293. The zero-order chi connectivity index (χ0) is 22.3. The fourth-order valence-electron chi connectivity index (χ4n) is 3.22. The van der Waals surface area contributed by atoms with Crippen LogP contribution in [0.3, 0.4) is 0 Å². The van der Waals surface area contributed by atoms with Crippen molar-refractivity contribution in [3.05, 3.63) is 90.0 Å². The van der Waals surface area contributed by atoms with Crippen LogP contribution in [0, 0.1) is 0 Å². The Balaban J connectivity index is 1.78. The summed E-state index contributed by atoms with van der Waals surface area (Å²) in [4.78, 5) is 14.9. The van der Waals surface area contributed by atoms with Crippen LogP contribution in [0.25, 0.3) is 0 Å². The standard InChI is InChI=1S/C24H26N2O4S/c1-3-17-26(18-19-9-5-4-6-10-19)24(27)20-13-15-21(16-14-20)31(28,29)25-22-11-7-8-12-23(22)30-2/h4-16,25H,3,17-18H2,1-2H3. The molecule has 0 aliphatic heterocycles. The molecule has 1 N–H and O–H groups in total. The van der Waals surface area contributed by atoms with Gasteiger partial charge in [-0.05, 0) is 48.4 Å². The molecule has 0 spiro atoms. The molecule has 31 heavy (non-hydrogen) atoms. The molecular weight excluding hydrogens is 412 g/mol. The Kier molecular flexibility index (Phi) is 7.31. The van der Waals surface area contributed by atoms with Gasteiger partial charge in [0, 0.05) is 18.7 Å². The number of anilines is 1. The summed E-state index contributed by atoms with van der Waals surface area (Å²) >= 11 is 0. The number of rotatable bonds is 9. The number of amides is 1. The number of carbonyl (C=O) groups is 1. The summed E-state index contributed by atoms with van der Waals surface area (Å²) in [5.41, 5.74) is 1.84. The molecule has 6 nitrogen and oxygen atoms in total. The normalized spacial score (nSPS) is 11.0.